The fraction of sp³-hybridized carbons (Fsp3) is 0.500. The van der Waals surface area contributed by atoms with E-state index in [1.807, 2.05) is 4.90 Å². The Balaban J connectivity index is 2.23. The number of carbonyl (C=O) groups is 1. The maximum Gasteiger partial charge on any atom is 0.270 e. The van der Waals surface area contributed by atoms with Crippen LogP contribution in [0.4, 0.5) is 0 Å². The molecule has 1 N–H and O–H groups in total. The van der Waals surface area contributed by atoms with E-state index in [1.165, 1.54) is 6.07 Å². The minimum Gasteiger partial charge on any atom is -0.333 e. The van der Waals surface area contributed by atoms with Crippen molar-refractivity contribution >= 4 is 21.8 Å². The summed E-state index contributed by atoms with van der Waals surface area (Å²) >= 11 is 3.45. The molecular formula is C12H15BrN2O2. The molecule has 2 rings (SSSR count). The molecule has 2 atom stereocenters. The molecule has 2 unspecified atom stereocenters. The van der Waals surface area contributed by atoms with Crippen LogP contribution in [0.5, 0.6) is 0 Å². The third kappa shape index (κ3) is 2.44. The molecule has 0 aliphatic carbocycles. The SMILES string of the molecule is CC1CCN(C(=O)c2cccc(=O)[nH]2)C1CBr. The van der Waals surface area contributed by atoms with Crippen LogP contribution in [0, 0.1) is 5.92 Å². The highest BCUT2D eigenvalue weighted by Gasteiger charge is 2.34. The number of hydrogen-bond donors (Lipinski definition) is 1. The average molecular weight is 299 g/mol. The van der Waals surface area contributed by atoms with Crippen molar-refractivity contribution in [1.29, 1.82) is 0 Å². The monoisotopic (exact) mass is 298 g/mol. The minimum absolute atomic E-state index is 0.0866. The molecule has 4 nitrogen and oxygen atoms in total. The molecule has 1 fully saturated rings. The van der Waals surface area contributed by atoms with E-state index in [-0.39, 0.29) is 17.5 Å². The highest BCUT2D eigenvalue weighted by Crippen LogP contribution is 2.26. The van der Waals surface area contributed by atoms with Crippen LogP contribution in [0.25, 0.3) is 0 Å². The van der Waals surface area contributed by atoms with Crippen molar-refractivity contribution in [3.63, 3.8) is 0 Å². The number of H-pyrrole nitrogens is 1. The molecule has 1 aliphatic heterocycles. The van der Waals surface area contributed by atoms with Crippen LogP contribution in [0.1, 0.15) is 23.8 Å². The quantitative estimate of drug-likeness (QED) is 0.844. The first-order valence-corrected chi connectivity index (χ1v) is 6.82. The number of amides is 1. The van der Waals surface area contributed by atoms with Crippen molar-refractivity contribution in [3.05, 3.63) is 34.2 Å². The third-order valence-electron chi connectivity index (χ3n) is 3.30. The average Bonchev–Trinajstić information content (AvgIpc) is 2.69. The van der Waals surface area contributed by atoms with Crippen molar-refractivity contribution in [3.8, 4) is 0 Å². The Morgan fingerprint density at radius 1 is 1.59 bits per heavy atom. The second-order valence-corrected chi connectivity index (χ2v) is 5.06. The van der Waals surface area contributed by atoms with E-state index in [9.17, 15) is 9.59 Å². The molecule has 1 aromatic heterocycles. The van der Waals surface area contributed by atoms with Crippen molar-refractivity contribution in [2.45, 2.75) is 19.4 Å². The van der Waals surface area contributed by atoms with Crippen molar-refractivity contribution in [2.24, 2.45) is 5.92 Å². The Hall–Kier alpha value is -1.10. The van der Waals surface area contributed by atoms with Gasteiger partial charge in [-0.15, -0.1) is 0 Å². The normalized spacial score (nSPS) is 24.0. The van der Waals surface area contributed by atoms with Gasteiger partial charge < -0.3 is 9.88 Å². The summed E-state index contributed by atoms with van der Waals surface area (Å²) in [6.07, 6.45) is 1.01. The summed E-state index contributed by atoms with van der Waals surface area (Å²) in [6, 6.07) is 4.88. The van der Waals surface area contributed by atoms with Crippen LogP contribution in [0.3, 0.4) is 0 Å². The number of halogens is 1. The molecular weight excluding hydrogens is 284 g/mol. The predicted octanol–water partition coefficient (Wildman–Crippen LogP) is 1.62. The molecule has 2 heterocycles. The summed E-state index contributed by atoms with van der Waals surface area (Å²) in [4.78, 5) is 27.9. The van der Waals surface area contributed by atoms with Crippen LogP contribution in [-0.4, -0.2) is 33.7 Å². The number of nitrogens with zero attached hydrogens (tertiary/aromatic N) is 1. The minimum atomic E-state index is -0.238. The van der Waals surface area contributed by atoms with Crippen molar-refractivity contribution < 1.29 is 4.79 Å². The van der Waals surface area contributed by atoms with Gasteiger partial charge in [0.25, 0.3) is 5.91 Å². The number of carbonyl (C=O) groups excluding carboxylic acids is 1. The van der Waals surface area contributed by atoms with Crippen molar-refractivity contribution in [2.75, 3.05) is 11.9 Å². The van der Waals surface area contributed by atoms with E-state index in [0.29, 0.717) is 11.6 Å². The maximum atomic E-state index is 12.2. The van der Waals surface area contributed by atoms with Gasteiger partial charge in [-0.3, -0.25) is 9.59 Å². The molecule has 0 bridgehead atoms. The van der Waals surface area contributed by atoms with Crippen LogP contribution in [-0.2, 0) is 0 Å². The van der Waals surface area contributed by atoms with Crippen LogP contribution in [0.2, 0.25) is 0 Å². The topological polar surface area (TPSA) is 53.2 Å². The van der Waals surface area contributed by atoms with Gasteiger partial charge in [0, 0.05) is 24.0 Å². The summed E-state index contributed by atoms with van der Waals surface area (Å²) in [7, 11) is 0. The molecule has 0 saturated carbocycles. The Bertz CT molecular complexity index is 472. The Morgan fingerprint density at radius 2 is 2.35 bits per heavy atom. The molecule has 92 valence electrons. The van der Waals surface area contributed by atoms with E-state index in [0.717, 1.165) is 18.3 Å². The first kappa shape index (κ1) is 12.4. The molecule has 17 heavy (non-hydrogen) atoms. The molecule has 1 aromatic rings. The number of aromatic amines is 1. The predicted molar refractivity (Wildman–Crippen MR) is 69.5 cm³/mol. The van der Waals surface area contributed by atoms with Gasteiger partial charge >= 0.3 is 0 Å². The zero-order valence-electron chi connectivity index (χ0n) is 9.65. The van der Waals surface area contributed by atoms with Gasteiger partial charge in [-0.1, -0.05) is 28.9 Å². The Kier molecular flexibility index (Phi) is 3.66. The molecule has 5 heteroatoms. The molecule has 1 amide bonds. The van der Waals surface area contributed by atoms with Gasteiger partial charge in [0.1, 0.15) is 5.69 Å². The second-order valence-electron chi connectivity index (χ2n) is 4.41. The number of rotatable bonds is 2. The summed E-state index contributed by atoms with van der Waals surface area (Å²) in [5, 5.41) is 0.775. The number of pyridine rings is 1. The van der Waals surface area contributed by atoms with Gasteiger partial charge in [0.2, 0.25) is 5.56 Å². The lowest BCUT2D eigenvalue weighted by Gasteiger charge is -2.25. The highest BCUT2D eigenvalue weighted by atomic mass is 79.9. The lowest BCUT2D eigenvalue weighted by molar-refractivity contribution is 0.0732. The van der Waals surface area contributed by atoms with Gasteiger partial charge in [0.05, 0.1) is 0 Å². The summed E-state index contributed by atoms with van der Waals surface area (Å²) < 4.78 is 0. The summed E-state index contributed by atoms with van der Waals surface area (Å²) in [5.41, 5.74) is 0.135. The van der Waals surface area contributed by atoms with E-state index in [1.54, 1.807) is 12.1 Å². The number of likely N-dealkylation sites (tertiary alicyclic amines) is 1. The molecule has 1 saturated heterocycles. The lowest BCUT2D eigenvalue weighted by atomic mass is 10.1. The van der Waals surface area contributed by atoms with Gasteiger partial charge in [-0.2, -0.15) is 0 Å². The van der Waals surface area contributed by atoms with Crippen LogP contribution >= 0.6 is 15.9 Å². The lowest BCUT2D eigenvalue weighted by Crippen LogP contribution is -2.39. The molecule has 0 spiro atoms. The molecule has 1 aliphatic rings. The fourth-order valence-corrected chi connectivity index (χ4v) is 3.21. The van der Waals surface area contributed by atoms with Gasteiger partial charge in [-0.25, -0.2) is 0 Å². The zero-order valence-corrected chi connectivity index (χ0v) is 11.2. The second kappa shape index (κ2) is 5.04. The Morgan fingerprint density at radius 3 is 3.00 bits per heavy atom. The third-order valence-corrected chi connectivity index (χ3v) is 3.96. The van der Waals surface area contributed by atoms with E-state index in [2.05, 4.69) is 27.8 Å². The van der Waals surface area contributed by atoms with Gasteiger partial charge in [0.15, 0.2) is 0 Å². The Labute approximate surface area is 108 Å². The van der Waals surface area contributed by atoms with Crippen molar-refractivity contribution in [1.82, 2.24) is 9.88 Å². The van der Waals surface area contributed by atoms with Crippen LogP contribution < -0.4 is 5.56 Å². The van der Waals surface area contributed by atoms with E-state index < -0.39 is 0 Å². The maximum absolute atomic E-state index is 12.2. The standard InChI is InChI=1S/C12H15BrN2O2/c1-8-5-6-15(10(8)7-13)12(17)9-3-2-4-11(16)14-9/h2-4,8,10H,5-7H2,1H3,(H,14,16). The largest absolute Gasteiger partial charge is 0.333 e. The smallest absolute Gasteiger partial charge is 0.270 e. The molecule has 0 radical (unpaired) electrons. The number of hydrogen-bond acceptors (Lipinski definition) is 2. The van der Waals surface area contributed by atoms with E-state index in [4.69, 9.17) is 0 Å². The highest BCUT2D eigenvalue weighted by molar-refractivity contribution is 9.09. The number of nitrogens with one attached hydrogen (secondary N) is 1. The van der Waals surface area contributed by atoms with Crippen LogP contribution in [0.15, 0.2) is 23.0 Å². The first-order valence-electron chi connectivity index (χ1n) is 5.69. The summed E-state index contributed by atoms with van der Waals surface area (Å²) in [5.74, 6) is 0.408. The first-order chi connectivity index (χ1) is 8.13. The van der Waals surface area contributed by atoms with E-state index >= 15 is 0 Å². The number of aromatic nitrogens is 1. The van der Waals surface area contributed by atoms with Gasteiger partial charge in [-0.05, 0) is 18.4 Å². The molecule has 0 aromatic carbocycles. The zero-order chi connectivity index (χ0) is 12.4. The summed E-state index contributed by atoms with van der Waals surface area (Å²) in [6.45, 7) is 2.90. The fourth-order valence-electron chi connectivity index (χ4n) is 2.22. The number of alkyl halides is 1.